The standard InChI is InChI=1S/C13H26N2.C13H28N2.C12H24N2.C12H25NO.C12H25N.C11H22N2.2C11H24N2.C10H22N2/c1-11(2)14-7-5-13(9-14)6-8-15(10-13)12(3)4;1-10(2)7-12-8-15(11(3)4)9-13(12)14(5)6;1-9(2)13-5-11-7-14(10(3)4)8-12(11)6-13;1-9(2)5-11-6-13(10(3)4)7-12(11)8-14;1-10(2)8-12(5)6-7-13(9-12)11(3)4;1-8(2)12-6-11-5-10(12)7-13(11)9(3)4;1-8(2)5-10-6-13(9(3)4)7-11(10)12;1-10(2)12-6-5-7-13(9-8-12)11(3)4;1-9(2)11-5-7-12(8-6-11)10(3)4/h11-12H,5-10H2,1-4H3;10-13H,7-9H2,1-6H3;9-12H,5-8H2,1-4H3;9-12,14H,5-8H2,1-4H3;10-11H,6-9H2,1-5H3;8-11H,5-7H2,1-4H3;8-11H,5-7,12H2,1-4H3;10-11H,5-9H2,1-4H3;9-10H,5-8H2,1-4H3. The molecule has 0 saturated carbocycles. The van der Waals surface area contributed by atoms with E-state index in [1.807, 2.05) is 0 Å². The van der Waals surface area contributed by atoms with E-state index in [9.17, 15) is 5.11 Å². The highest BCUT2D eigenvalue weighted by Gasteiger charge is 2.47. The van der Waals surface area contributed by atoms with E-state index in [1.54, 1.807) is 0 Å². The molecule has 12 heterocycles. The summed E-state index contributed by atoms with van der Waals surface area (Å²) in [5.74, 6) is 7.93. The maximum absolute atomic E-state index is 9.32. The van der Waals surface area contributed by atoms with Crippen molar-refractivity contribution in [3.05, 3.63) is 0 Å². The second-order valence-electron chi connectivity index (χ2n) is 47.9. The number of nitrogens with two attached hydrogens (primary N) is 1. The highest BCUT2D eigenvalue weighted by atomic mass is 16.3. The first-order valence-corrected chi connectivity index (χ1v) is 52.2. The molecule has 0 aromatic heterocycles. The molecule has 2 bridgehead atoms. The molecule has 12 saturated heterocycles. The minimum absolute atomic E-state index is 0.362. The van der Waals surface area contributed by atoms with E-state index < -0.39 is 0 Å². The number of rotatable bonds is 24. The number of nitrogens with zero attached hydrogens (tertiary/aromatic N) is 15. The predicted molar refractivity (Wildman–Crippen MR) is 537 cm³/mol. The van der Waals surface area contributed by atoms with Crippen molar-refractivity contribution < 1.29 is 5.11 Å². The van der Waals surface area contributed by atoms with Gasteiger partial charge in [-0.2, -0.15) is 0 Å². The minimum Gasteiger partial charge on any atom is -0.396 e. The van der Waals surface area contributed by atoms with Crippen LogP contribution < -0.4 is 5.73 Å². The third-order valence-corrected chi connectivity index (χ3v) is 31.1. The lowest BCUT2D eigenvalue weighted by atomic mass is 9.81. The third kappa shape index (κ3) is 38.5. The average Bonchev–Trinajstić information content (AvgIpc) is 1.64. The molecule has 0 aromatic rings. The van der Waals surface area contributed by atoms with Crippen LogP contribution in [0.3, 0.4) is 0 Å². The fourth-order valence-corrected chi connectivity index (χ4v) is 22.9. The number of likely N-dealkylation sites (N-methyl/N-ethyl adjacent to an activating group) is 1. The van der Waals surface area contributed by atoms with Gasteiger partial charge in [-0.15, -0.1) is 0 Å². The lowest BCUT2D eigenvalue weighted by Gasteiger charge is -2.38. The Balaban J connectivity index is 0.000000288. The molecule has 3 N–H and O–H groups in total. The summed E-state index contributed by atoms with van der Waals surface area (Å²) in [7, 11) is 4.45. The first-order valence-electron chi connectivity index (χ1n) is 52.2. The van der Waals surface area contributed by atoms with Gasteiger partial charge < -0.3 is 45.1 Å². The molecule has 0 aliphatic carbocycles. The fourth-order valence-electron chi connectivity index (χ4n) is 22.9. The summed E-state index contributed by atoms with van der Waals surface area (Å²) < 4.78 is 0. The largest absolute Gasteiger partial charge is 0.396 e. The summed E-state index contributed by atoms with van der Waals surface area (Å²) >= 11 is 0. The second-order valence-corrected chi connectivity index (χ2v) is 47.9. The Bertz CT molecular complexity index is 2540. The number of aliphatic hydroxyl groups is 1. The van der Waals surface area contributed by atoms with Crippen LogP contribution in [0.5, 0.6) is 0 Å². The Morgan fingerprint density at radius 3 is 0.893 bits per heavy atom. The van der Waals surface area contributed by atoms with Crippen LogP contribution in [0.1, 0.15) is 314 Å². The van der Waals surface area contributed by atoms with Gasteiger partial charge in [0, 0.05) is 253 Å². The number of likely N-dealkylation sites (tertiary alicyclic amines) is 10. The van der Waals surface area contributed by atoms with Gasteiger partial charge in [0.1, 0.15) is 0 Å². The van der Waals surface area contributed by atoms with Gasteiger partial charge in [0.2, 0.25) is 0 Å². The van der Waals surface area contributed by atoms with Gasteiger partial charge in [-0.3, -0.25) is 39.2 Å². The summed E-state index contributed by atoms with van der Waals surface area (Å²) in [5, 5.41) is 9.32. The molecule has 12 fully saturated rings. The predicted octanol–water partition coefficient (Wildman–Crippen LogP) is 17.8. The van der Waals surface area contributed by atoms with Crippen LogP contribution in [-0.4, -0.2) is 378 Å². The number of fused-ring (bicyclic) bond motifs is 3. The SMILES string of the molecule is CC(C)CC1(C)CCN(C(C)C)C1.CC(C)CC1CN(C(C)C)CC1CO.CC(C)CC1CN(C(C)C)CC1N.CC(C)CC1CN(C(C)C)CC1N(C)C.CC(C)N1CC2CC1CN2C(C)C.CC(C)N1CC2CN(C(C)C)CC2C1.CC(C)N1CCC2(CCN(C(C)C)C2)C1.CC(C)N1CCCN(C(C)C)CC1.CC(C)N1CCN(C(C)C)CC1. The molecule has 17 heteroatoms. The molecule has 0 radical (unpaired) electrons. The van der Waals surface area contributed by atoms with E-state index >= 15 is 0 Å². The fraction of sp³-hybridized carbons (Fsp3) is 1.00. The van der Waals surface area contributed by atoms with Crippen molar-refractivity contribution in [2.45, 2.75) is 423 Å². The van der Waals surface area contributed by atoms with Gasteiger partial charge in [0.25, 0.3) is 0 Å². The summed E-state index contributed by atoms with van der Waals surface area (Å²) in [6.45, 7) is 119. The molecule has 0 amide bonds. The maximum atomic E-state index is 9.32. The van der Waals surface area contributed by atoms with E-state index in [-0.39, 0.29) is 0 Å². The van der Waals surface area contributed by atoms with E-state index in [0.717, 1.165) is 133 Å². The van der Waals surface area contributed by atoms with Gasteiger partial charge in [0.15, 0.2) is 0 Å². The Hall–Kier alpha value is -0.680. The van der Waals surface area contributed by atoms with Crippen molar-refractivity contribution in [1.82, 2.24) is 73.5 Å². The molecule has 122 heavy (non-hydrogen) atoms. The first kappa shape index (κ1) is 114. The summed E-state index contributed by atoms with van der Waals surface area (Å²) in [6, 6.07) is 12.9. The van der Waals surface area contributed by atoms with Crippen molar-refractivity contribution >= 4 is 0 Å². The number of hydrogen-bond acceptors (Lipinski definition) is 17. The molecule has 12 aliphatic rings. The monoisotopic (exact) mass is 1720 g/mol. The Morgan fingerprint density at radius 2 is 0.590 bits per heavy atom. The van der Waals surface area contributed by atoms with Crippen molar-refractivity contribution in [2.24, 2.45) is 75.7 Å². The molecule has 1 spiro atoms. The molecule has 0 aromatic carbocycles. The molecular weight excluding hydrogens is 1500 g/mol. The van der Waals surface area contributed by atoms with Gasteiger partial charge in [-0.1, -0.05) is 62.3 Å². The third-order valence-electron chi connectivity index (χ3n) is 31.1. The van der Waals surface area contributed by atoms with Crippen LogP contribution in [0.25, 0.3) is 0 Å². The molecule has 9 atom stereocenters. The lowest BCUT2D eigenvalue weighted by Crippen LogP contribution is -2.50. The Kier molecular flexibility index (Phi) is 51.3. The van der Waals surface area contributed by atoms with E-state index in [1.165, 1.54) is 215 Å². The van der Waals surface area contributed by atoms with Crippen molar-refractivity contribution in [3.8, 4) is 0 Å². The van der Waals surface area contributed by atoms with Crippen molar-refractivity contribution in [2.75, 3.05) is 191 Å². The summed E-state index contributed by atoms with van der Waals surface area (Å²) in [4.78, 5) is 38.9. The van der Waals surface area contributed by atoms with Crippen molar-refractivity contribution in [1.29, 1.82) is 0 Å². The highest BCUT2D eigenvalue weighted by molar-refractivity contribution is 5.03. The zero-order valence-corrected chi connectivity index (χ0v) is 89.4. The molecule has 12 aliphatic heterocycles. The molecule has 17 nitrogen and oxygen atoms in total. The quantitative estimate of drug-likeness (QED) is 0.0959. The van der Waals surface area contributed by atoms with Crippen LogP contribution >= 0.6 is 0 Å². The summed E-state index contributed by atoms with van der Waals surface area (Å²) in [5.41, 5.74) is 7.36. The summed E-state index contributed by atoms with van der Waals surface area (Å²) in [6.07, 6.45) is 12.3. The molecule has 12 rings (SSSR count). The number of aliphatic hydroxyl groups excluding tert-OH is 1. The second kappa shape index (κ2) is 55.1. The maximum Gasteiger partial charge on any atom is 0.0474 e. The smallest absolute Gasteiger partial charge is 0.0474 e. The Labute approximate surface area is 763 Å². The zero-order valence-electron chi connectivity index (χ0n) is 89.4. The number of piperazine rings is 2. The topological polar surface area (TPSA) is 94.8 Å². The van der Waals surface area contributed by atoms with Crippen LogP contribution in [0.2, 0.25) is 0 Å². The normalized spacial score (nSPS) is 29.2. The van der Waals surface area contributed by atoms with Crippen LogP contribution in [-0.2, 0) is 0 Å². The van der Waals surface area contributed by atoms with Gasteiger partial charge in [-0.05, 0) is 368 Å². The number of hydrogen-bond donors (Lipinski definition) is 2. The minimum atomic E-state index is 0.362. The van der Waals surface area contributed by atoms with Crippen LogP contribution in [0.15, 0.2) is 0 Å². The Morgan fingerprint density at radius 1 is 0.295 bits per heavy atom. The van der Waals surface area contributed by atoms with Gasteiger partial charge in [0.05, 0.1) is 0 Å². The van der Waals surface area contributed by atoms with Gasteiger partial charge in [-0.25, -0.2) is 0 Å². The highest BCUT2D eigenvalue weighted by Crippen LogP contribution is 2.42. The lowest BCUT2D eigenvalue weighted by molar-refractivity contribution is 0.0849. The molecule has 726 valence electrons. The molecule has 9 unspecified atom stereocenters. The van der Waals surface area contributed by atoms with E-state index in [0.29, 0.717) is 65.5 Å². The van der Waals surface area contributed by atoms with Crippen LogP contribution in [0, 0.1) is 70.0 Å². The van der Waals surface area contributed by atoms with E-state index in [4.69, 9.17) is 5.73 Å². The zero-order chi connectivity index (χ0) is 92.3. The van der Waals surface area contributed by atoms with Crippen LogP contribution in [0.4, 0.5) is 0 Å². The first-order chi connectivity index (χ1) is 56.8. The van der Waals surface area contributed by atoms with Gasteiger partial charge >= 0.3 is 0 Å². The average molecular weight is 1720 g/mol. The molecular formula is C105H220N16O. The van der Waals surface area contributed by atoms with Crippen molar-refractivity contribution in [3.63, 3.8) is 0 Å². The van der Waals surface area contributed by atoms with E-state index in [2.05, 4.69) is 344 Å².